The van der Waals surface area contributed by atoms with Crippen LogP contribution >= 0.6 is 11.3 Å². The monoisotopic (exact) mass is 329 g/mol. The summed E-state index contributed by atoms with van der Waals surface area (Å²) in [5, 5.41) is 1.07. The first-order chi connectivity index (χ1) is 11.1. The molecule has 0 spiro atoms. The number of anilines is 1. The van der Waals surface area contributed by atoms with E-state index in [0.717, 1.165) is 43.2 Å². The van der Waals surface area contributed by atoms with Gasteiger partial charge in [0.05, 0.1) is 16.1 Å². The molecule has 1 atom stereocenters. The zero-order valence-electron chi connectivity index (χ0n) is 13.8. The zero-order chi connectivity index (χ0) is 16.0. The molecule has 5 heteroatoms. The van der Waals surface area contributed by atoms with Crippen molar-refractivity contribution in [3.63, 3.8) is 0 Å². The minimum Gasteiger partial charge on any atom is -0.347 e. The number of aromatic nitrogens is 1. The van der Waals surface area contributed by atoms with E-state index >= 15 is 0 Å². The second kappa shape index (κ2) is 5.78. The standard InChI is InChI=1S/C18H23N3OS/c1-12-9-13(2)16-15(10-12)23-18(19-16)21-8-5-14(11-21)17(22)20-6-3-4-7-20/h9-10,14H,3-8,11H2,1-2H3. The molecule has 122 valence electrons. The molecule has 1 aromatic carbocycles. The minimum absolute atomic E-state index is 0.156. The van der Waals surface area contributed by atoms with Gasteiger partial charge in [0.15, 0.2) is 5.13 Å². The highest BCUT2D eigenvalue weighted by atomic mass is 32.1. The Balaban J connectivity index is 1.53. The maximum Gasteiger partial charge on any atom is 0.227 e. The molecule has 3 heterocycles. The summed E-state index contributed by atoms with van der Waals surface area (Å²) in [6.45, 7) is 7.94. The first-order valence-corrected chi connectivity index (χ1v) is 9.35. The number of nitrogens with zero attached hydrogens (tertiary/aromatic N) is 3. The van der Waals surface area contributed by atoms with E-state index in [4.69, 9.17) is 4.98 Å². The molecule has 4 nitrogen and oxygen atoms in total. The second-order valence-electron chi connectivity index (χ2n) is 6.89. The number of hydrogen-bond acceptors (Lipinski definition) is 4. The van der Waals surface area contributed by atoms with E-state index in [1.807, 2.05) is 0 Å². The lowest BCUT2D eigenvalue weighted by Gasteiger charge is -2.20. The van der Waals surface area contributed by atoms with Crippen molar-refractivity contribution in [3.05, 3.63) is 23.3 Å². The van der Waals surface area contributed by atoms with Crippen molar-refractivity contribution in [1.29, 1.82) is 0 Å². The van der Waals surface area contributed by atoms with Gasteiger partial charge in [-0.05, 0) is 50.3 Å². The molecule has 2 aliphatic rings. The molecule has 0 aliphatic carbocycles. The third-order valence-corrected chi connectivity index (χ3v) is 6.11. The summed E-state index contributed by atoms with van der Waals surface area (Å²) < 4.78 is 1.26. The van der Waals surface area contributed by atoms with Crippen molar-refractivity contribution in [2.75, 3.05) is 31.1 Å². The SMILES string of the molecule is Cc1cc(C)c2nc(N3CCC(C(=O)N4CCCC4)C3)sc2c1. The van der Waals surface area contributed by atoms with Crippen molar-refractivity contribution in [3.8, 4) is 0 Å². The molecular weight excluding hydrogens is 306 g/mol. The first-order valence-electron chi connectivity index (χ1n) is 8.53. The van der Waals surface area contributed by atoms with Crippen LogP contribution in [0.1, 0.15) is 30.4 Å². The number of likely N-dealkylation sites (tertiary alicyclic amines) is 1. The summed E-state index contributed by atoms with van der Waals surface area (Å²) >= 11 is 1.76. The van der Waals surface area contributed by atoms with E-state index in [2.05, 4.69) is 35.8 Å². The number of rotatable bonds is 2. The van der Waals surface area contributed by atoms with Gasteiger partial charge in [0, 0.05) is 26.2 Å². The molecule has 23 heavy (non-hydrogen) atoms. The third kappa shape index (κ3) is 2.71. The summed E-state index contributed by atoms with van der Waals surface area (Å²) in [6.07, 6.45) is 3.29. The molecular formula is C18H23N3OS. The number of carbonyl (C=O) groups is 1. The summed E-state index contributed by atoms with van der Waals surface area (Å²) in [5.41, 5.74) is 3.64. The molecule has 2 saturated heterocycles. The summed E-state index contributed by atoms with van der Waals surface area (Å²) in [7, 11) is 0. The van der Waals surface area contributed by atoms with Gasteiger partial charge in [-0.2, -0.15) is 0 Å². The molecule has 0 saturated carbocycles. The quantitative estimate of drug-likeness (QED) is 0.848. The normalized spacial score (nSPS) is 21.6. The van der Waals surface area contributed by atoms with Crippen molar-refractivity contribution in [2.24, 2.45) is 5.92 Å². The number of hydrogen-bond donors (Lipinski definition) is 0. The lowest BCUT2D eigenvalue weighted by Crippen LogP contribution is -2.35. The van der Waals surface area contributed by atoms with E-state index in [0.29, 0.717) is 5.91 Å². The highest BCUT2D eigenvalue weighted by Gasteiger charge is 2.33. The second-order valence-corrected chi connectivity index (χ2v) is 7.90. The van der Waals surface area contributed by atoms with Crippen molar-refractivity contribution in [2.45, 2.75) is 33.1 Å². The van der Waals surface area contributed by atoms with Crippen LogP contribution in [-0.4, -0.2) is 42.0 Å². The fourth-order valence-corrected chi connectivity index (χ4v) is 5.00. The van der Waals surface area contributed by atoms with E-state index in [9.17, 15) is 4.79 Å². The predicted molar refractivity (Wildman–Crippen MR) is 95.2 cm³/mol. The maximum absolute atomic E-state index is 12.6. The van der Waals surface area contributed by atoms with E-state index in [1.54, 1.807) is 11.3 Å². The van der Waals surface area contributed by atoms with Gasteiger partial charge in [0.2, 0.25) is 5.91 Å². The van der Waals surface area contributed by atoms with Gasteiger partial charge in [0.25, 0.3) is 0 Å². The van der Waals surface area contributed by atoms with Crippen LogP contribution in [0, 0.1) is 19.8 Å². The van der Waals surface area contributed by atoms with Crippen LogP contribution in [0.25, 0.3) is 10.2 Å². The van der Waals surface area contributed by atoms with Crippen LogP contribution in [0.4, 0.5) is 5.13 Å². The van der Waals surface area contributed by atoms with Crippen LogP contribution < -0.4 is 4.90 Å². The average Bonchev–Trinajstić information content (AvgIpc) is 3.25. The Morgan fingerprint density at radius 3 is 2.78 bits per heavy atom. The van der Waals surface area contributed by atoms with Crippen LogP contribution in [-0.2, 0) is 4.79 Å². The maximum atomic E-state index is 12.6. The smallest absolute Gasteiger partial charge is 0.227 e. The molecule has 1 aromatic heterocycles. The third-order valence-electron chi connectivity index (χ3n) is 5.04. The molecule has 0 N–H and O–H groups in total. The fourth-order valence-electron chi connectivity index (χ4n) is 3.83. The molecule has 2 fully saturated rings. The van der Waals surface area contributed by atoms with E-state index in [-0.39, 0.29) is 5.92 Å². The lowest BCUT2D eigenvalue weighted by atomic mass is 10.1. The van der Waals surface area contributed by atoms with Crippen LogP contribution in [0.15, 0.2) is 12.1 Å². The Labute approximate surface area is 141 Å². The van der Waals surface area contributed by atoms with Crippen LogP contribution in [0.2, 0.25) is 0 Å². The van der Waals surface area contributed by atoms with Crippen LogP contribution in [0.5, 0.6) is 0 Å². The number of thiazole rings is 1. The summed E-state index contributed by atoms with van der Waals surface area (Å²) in [4.78, 5) is 21.8. The number of amides is 1. The average molecular weight is 329 g/mol. The Kier molecular flexibility index (Phi) is 3.76. The van der Waals surface area contributed by atoms with Gasteiger partial charge < -0.3 is 9.80 Å². The fraction of sp³-hybridized carbons (Fsp3) is 0.556. The highest BCUT2D eigenvalue weighted by molar-refractivity contribution is 7.22. The van der Waals surface area contributed by atoms with Crippen molar-refractivity contribution < 1.29 is 4.79 Å². The zero-order valence-corrected chi connectivity index (χ0v) is 14.7. The Hall–Kier alpha value is -1.62. The molecule has 1 unspecified atom stereocenters. The highest BCUT2D eigenvalue weighted by Crippen LogP contribution is 2.34. The van der Waals surface area contributed by atoms with Gasteiger partial charge in [-0.15, -0.1) is 0 Å². The van der Waals surface area contributed by atoms with Gasteiger partial charge in [-0.1, -0.05) is 17.4 Å². The molecule has 4 rings (SSSR count). The van der Waals surface area contributed by atoms with Gasteiger partial charge in [0.1, 0.15) is 0 Å². The largest absolute Gasteiger partial charge is 0.347 e. The molecule has 2 aromatic rings. The topological polar surface area (TPSA) is 36.4 Å². The van der Waals surface area contributed by atoms with Gasteiger partial charge in [-0.3, -0.25) is 4.79 Å². The van der Waals surface area contributed by atoms with E-state index < -0.39 is 0 Å². The Bertz CT molecular complexity index is 748. The number of carbonyl (C=O) groups excluding carboxylic acids is 1. The van der Waals surface area contributed by atoms with Crippen LogP contribution in [0.3, 0.4) is 0 Å². The molecule has 0 bridgehead atoms. The molecule has 2 aliphatic heterocycles. The first kappa shape index (κ1) is 14.9. The number of aryl methyl sites for hydroxylation is 2. The van der Waals surface area contributed by atoms with E-state index in [1.165, 1.54) is 28.7 Å². The van der Waals surface area contributed by atoms with Crippen molar-refractivity contribution in [1.82, 2.24) is 9.88 Å². The Morgan fingerprint density at radius 1 is 1.22 bits per heavy atom. The van der Waals surface area contributed by atoms with Gasteiger partial charge >= 0.3 is 0 Å². The number of benzene rings is 1. The Morgan fingerprint density at radius 2 is 2.00 bits per heavy atom. The molecule has 1 amide bonds. The van der Waals surface area contributed by atoms with Crippen molar-refractivity contribution >= 4 is 32.6 Å². The molecule has 0 radical (unpaired) electrons. The minimum atomic E-state index is 0.156. The predicted octanol–water partition coefficient (Wildman–Crippen LogP) is 3.36. The summed E-state index contributed by atoms with van der Waals surface area (Å²) in [6, 6.07) is 4.40. The number of fused-ring (bicyclic) bond motifs is 1. The lowest BCUT2D eigenvalue weighted by molar-refractivity contribution is -0.133. The summed E-state index contributed by atoms with van der Waals surface area (Å²) in [5.74, 6) is 0.515. The van der Waals surface area contributed by atoms with Gasteiger partial charge in [-0.25, -0.2) is 4.98 Å².